The molecule has 1 amide bonds. The van der Waals surface area contributed by atoms with E-state index in [1.807, 2.05) is 0 Å². The molecule has 10 heteroatoms. The molecule has 2 unspecified atom stereocenters. The molecule has 22 heavy (non-hydrogen) atoms. The van der Waals surface area contributed by atoms with Gasteiger partial charge in [-0.15, -0.1) is 0 Å². The maximum absolute atomic E-state index is 12.3. The number of rotatable bonds is 5. The lowest BCUT2D eigenvalue weighted by molar-refractivity contribution is -0.148. The number of nitrogens with one attached hydrogen (secondary N) is 1. The van der Waals surface area contributed by atoms with Crippen LogP contribution >= 0.6 is 0 Å². The van der Waals surface area contributed by atoms with Crippen LogP contribution in [0.1, 0.15) is 19.8 Å². The van der Waals surface area contributed by atoms with Crippen molar-refractivity contribution in [3.63, 3.8) is 0 Å². The molecule has 0 saturated carbocycles. The number of carbonyl (C=O) groups is 2. The van der Waals surface area contributed by atoms with Crippen molar-refractivity contribution in [2.24, 2.45) is 7.05 Å². The number of hydrogen-bond donors (Lipinski definition) is 2. The average Bonchev–Trinajstić information content (AvgIpc) is 3.05. The molecule has 0 spiro atoms. The second-order valence-electron chi connectivity index (χ2n) is 5.22. The zero-order chi connectivity index (χ0) is 16.5. The second kappa shape index (κ2) is 6.05. The predicted octanol–water partition coefficient (Wildman–Crippen LogP) is -0.837. The number of carbonyl (C=O) groups excluding carboxylic acids is 1. The minimum Gasteiger partial charge on any atom is -0.480 e. The number of carboxylic acid groups (broad SMARTS) is 1. The highest BCUT2D eigenvalue weighted by Crippen LogP contribution is 2.19. The number of hydrogen-bond acceptors (Lipinski definition) is 5. The van der Waals surface area contributed by atoms with E-state index in [1.165, 1.54) is 28.9 Å². The summed E-state index contributed by atoms with van der Waals surface area (Å²) in [4.78, 5) is 24.6. The van der Waals surface area contributed by atoms with Gasteiger partial charge in [0.05, 0.1) is 12.2 Å². The summed E-state index contributed by atoms with van der Waals surface area (Å²) in [6.45, 7) is 1.71. The fourth-order valence-electron chi connectivity index (χ4n) is 2.42. The van der Waals surface area contributed by atoms with Crippen LogP contribution in [-0.2, 0) is 26.7 Å². The molecule has 1 aliphatic rings. The summed E-state index contributed by atoms with van der Waals surface area (Å²) in [5.41, 5.74) is 0. The van der Waals surface area contributed by atoms with E-state index in [2.05, 4.69) is 9.82 Å². The normalized spacial score (nSPS) is 20.1. The lowest BCUT2D eigenvalue weighted by Crippen LogP contribution is -2.50. The van der Waals surface area contributed by atoms with Gasteiger partial charge in [-0.25, -0.2) is 13.2 Å². The quantitative estimate of drug-likeness (QED) is 0.726. The molecule has 0 bridgehead atoms. The Morgan fingerprint density at radius 1 is 1.50 bits per heavy atom. The molecular weight excluding hydrogens is 312 g/mol. The van der Waals surface area contributed by atoms with E-state index in [4.69, 9.17) is 5.11 Å². The van der Waals surface area contributed by atoms with Crippen molar-refractivity contribution < 1.29 is 23.1 Å². The minimum absolute atomic E-state index is 0.0501. The van der Waals surface area contributed by atoms with Gasteiger partial charge in [0.1, 0.15) is 10.9 Å². The fourth-order valence-corrected chi connectivity index (χ4v) is 3.60. The second-order valence-corrected chi connectivity index (χ2v) is 6.93. The van der Waals surface area contributed by atoms with Gasteiger partial charge in [-0.3, -0.25) is 9.48 Å². The Kier molecular flexibility index (Phi) is 4.52. The van der Waals surface area contributed by atoms with Gasteiger partial charge in [-0.1, -0.05) is 0 Å². The SMILES string of the molecule is CC(NS(=O)(=O)c1cnn(C)c1)C(=O)N1CCCC1C(=O)O. The molecule has 2 N–H and O–H groups in total. The van der Waals surface area contributed by atoms with Gasteiger partial charge < -0.3 is 10.0 Å². The van der Waals surface area contributed by atoms with Crippen molar-refractivity contribution in [2.75, 3.05) is 6.54 Å². The summed E-state index contributed by atoms with van der Waals surface area (Å²) in [5.74, 6) is -1.62. The molecule has 122 valence electrons. The van der Waals surface area contributed by atoms with Crippen LogP contribution in [0.4, 0.5) is 0 Å². The fraction of sp³-hybridized carbons (Fsp3) is 0.583. The standard InChI is InChI=1S/C12H18N4O5S/c1-8(11(17)16-5-3-4-10(16)12(18)19)14-22(20,21)9-6-13-15(2)7-9/h6-8,10,14H,3-5H2,1-2H3,(H,18,19). The molecule has 1 fully saturated rings. The van der Waals surface area contributed by atoms with E-state index >= 15 is 0 Å². The maximum Gasteiger partial charge on any atom is 0.326 e. The van der Waals surface area contributed by atoms with Gasteiger partial charge in [0.2, 0.25) is 15.9 Å². The first kappa shape index (κ1) is 16.4. The van der Waals surface area contributed by atoms with Crippen molar-refractivity contribution in [1.82, 2.24) is 19.4 Å². The topological polar surface area (TPSA) is 122 Å². The average molecular weight is 330 g/mol. The Balaban J connectivity index is 2.10. The van der Waals surface area contributed by atoms with Crippen LogP contribution in [0.3, 0.4) is 0 Å². The third kappa shape index (κ3) is 3.28. The zero-order valence-electron chi connectivity index (χ0n) is 12.3. The molecule has 1 aliphatic heterocycles. The van der Waals surface area contributed by atoms with Crippen molar-refractivity contribution in [2.45, 2.75) is 36.7 Å². The first-order chi connectivity index (χ1) is 10.2. The van der Waals surface area contributed by atoms with E-state index in [1.54, 1.807) is 7.05 Å². The van der Waals surface area contributed by atoms with Gasteiger partial charge in [-0.05, 0) is 19.8 Å². The summed E-state index contributed by atoms with van der Waals surface area (Å²) in [5, 5.41) is 12.9. The molecule has 1 saturated heterocycles. The van der Waals surface area contributed by atoms with Gasteiger partial charge in [0.25, 0.3) is 0 Å². The predicted molar refractivity (Wildman–Crippen MR) is 75.4 cm³/mol. The monoisotopic (exact) mass is 330 g/mol. The van der Waals surface area contributed by atoms with Gasteiger partial charge in [0.15, 0.2) is 0 Å². The number of aromatic nitrogens is 2. The molecule has 0 aliphatic carbocycles. The van der Waals surface area contributed by atoms with Crippen molar-refractivity contribution in [3.05, 3.63) is 12.4 Å². The van der Waals surface area contributed by atoms with E-state index < -0.39 is 34.0 Å². The minimum atomic E-state index is -3.88. The Morgan fingerprint density at radius 2 is 2.18 bits per heavy atom. The number of aryl methyl sites for hydroxylation is 1. The van der Waals surface area contributed by atoms with Crippen LogP contribution in [0.2, 0.25) is 0 Å². The van der Waals surface area contributed by atoms with Crippen molar-refractivity contribution in [1.29, 1.82) is 0 Å². The van der Waals surface area contributed by atoms with E-state index in [0.29, 0.717) is 19.4 Å². The molecule has 1 aromatic rings. The lowest BCUT2D eigenvalue weighted by Gasteiger charge is -2.25. The molecular formula is C12H18N4O5S. The van der Waals surface area contributed by atoms with E-state index in [-0.39, 0.29) is 4.90 Å². The van der Waals surface area contributed by atoms with Crippen LogP contribution in [0.15, 0.2) is 17.3 Å². The van der Waals surface area contributed by atoms with Gasteiger partial charge in [-0.2, -0.15) is 9.82 Å². The summed E-state index contributed by atoms with van der Waals surface area (Å²) in [6, 6.07) is -1.94. The molecule has 2 atom stereocenters. The Hall–Kier alpha value is -1.94. The third-order valence-corrected chi connectivity index (χ3v) is 5.01. The third-order valence-electron chi connectivity index (χ3n) is 3.51. The number of amides is 1. The highest BCUT2D eigenvalue weighted by molar-refractivity contribution is 7.89. The molecule has 0 radical (unpaired) electrons. The first-order valence-electron chi connectivity index (χ1n) is 6.76. The highest BCUT2D eigenvalue weighted by atomic mass is 32.2. The zero-order valence-corrected chi connectivity index (χ0v) is 13.1. The number of aliphatic carboxylic acids is 1. The molecule has 9 nitrogen and oxygen atoms in total. The Morgan fingerprint density at radius 3 is 2.73 bits per heavy atom. The van der Waals surface area contributed by atoms with Crippen molar-refractivity contribution in [3.8, 4) is 0 Å². The van der Waals surface area contributed by atoms with Crippen LogP contribution in [0.5, 0.6) is 0 Å². The maximum atomic E-state index is 12.3. The van der Waals surface area contributed by atoms with Crippen LogP contribution in [-0.4, -0.2) is 58.7 Å². The highest BCUT2D eigenvalue weighted by Gasteiger charge is 2.37. The number of sulfonamides is 1. The van der Waals surface area contributed by atoms with Crippen LogP contribution < -0.4 is 4.72 Å². The summed E-state index contributed by atoms with van der Waals surface area (Å²) in [7, 11) is -2.30. The number of nitrogens with zero attached hydrogens (tertiary/aromatic N) is 3. The van der Waals surface area contributed by atoms with Crippen molar-refractivity contribution >= 4 is 21.9 Å². The van der Waals surface area contributed by atoms with Crippen LogP contribution in [0.25, 0.3) is 0 Å². The van der Waals surface area contributed by atoms with Gasteiger partial charge in [0, 0.05) is 19.8 Å². The summed E-state index contributed by atoms with van der Waals surface area (Å²) < 4.78 is 27.9. The van der Waals surface area contributed by atoms with Crippen LogP contribution in [0, 0.1) is 0 Å². The molecule has 2 rings (SSSR count). The number of carboxylic acids is 1. The lowest BCUT2D eigenvalue weighted by atomic mass is 10.2. The largest absolute Gasteiger partial charge is 0.480 e. The number of likely N-dealkylation sites (tertiary alicyclic amines) is 1. The Labute approximate surface area is 128 Å². The molecule has 2 heterocycles. The van der Waals surface area contributed by atoms with E-state index in [0.717, 1.165) is 0 Å². The summed E-state index contributed by atoms with van der Waals surface area (Å²) >= 11 is 0. The van der Waals surface area contributed by atoms with Gasteiger partial charge >= 0.3 is 5.97 Å². The Bertz CT molecular complexity index is 683. The summed E-state index contributed by atoms with van der Waals surface area (Å²) in [6.07, 6.45) is 3.46. The van der Waals surface area contributed by atoms with E-state index in [9.17, 15) is 18.0 Å². The smallest absolute Gasteiger partial charge is 0.326 e. The first-order valence-corrected chi connectivity index (χ1v) is 8.25. The molecule has 0 aromatic carbocycles. The molecule has 1 aromatic heterocycles.